The van der Waals surface area contributed by atoms with E-state index in [1.165, 1.54) is 4.90 Å². The van der Waals surface area contributed by atoms with Crippen molar-refractivity contribution in [2.45, 2.75) is 52.2 Å². The maximum atomic E-state index is 14.1. The number of rotatable bonds is 6. The fourth-order valence-electron chi connectivity index (χ4n) is 4.87. The van der Waals surface area contributed by atoms with Gasteiger partial charge in [0.1, 0.15) is 6.61 Å². The minimum absolute atomic E-state index is 0.138. The third-order valence-corrected chi connectivity index (χ3v) is 6.60. The van der Waals surface area contributed by atoms with E-state index in [-0.39, 0.29) is 6.61 Å². The number of hydrogen-bond acceptors (Lipinski definition) is 4. The quantitative estimate of drug-likeness (QED) is 0.543. The summed E-state index contributed by atoms with van der Waals surface area (Å²) in [5.74, 6) is -1.38. The minimum Gasteiger partial charge on any atom is -0.447 e. The molecule has 0 spiro atoms. The van der Waals surface area contributed by atoms with Crippen molar-refractivity contribution in [1.29, 1.82) is 0 Å². The van der Waals surface area contributed by atoms with Gasteiger partial charge in [-0.15, -0.1) is 0 Å². The molecule has 4 rings (SSSR count). The van der Waals surface area contributed by atoms with Crippen LogP contribution < -0.4 is 0 Å². The summed E-state index contributed by atoms with van der Waals surface area (Å²) in [4.78, 5) is 28.0. The fourth-order valence-corrected chi connectivity index (χ4v) is 4.87. The van der Waals surface area contributed by atoms with Crippen LogP contribution in [0.15, 0.2) is 66.7 Å². The van der Waals surface area contributed by atoms with Gasteiger partial charge in [0, 0.05) is 0 Å². The van der Waals surface area contributed by atoms with E-state index < -0.39 is 30.1 Å². The standard InChI is InChI=1S/C29H31NO4/c1-18-10-12-24(20(3)14-18)26(27(31)25-13-11-19(2)15-21(25)4)28(32)30-23(17-34-29(30)33)16-22-8-6-5-7-9-22/h5-15,23,26-27,31H,16-17H2,1-4H3/t23-,26-,27+/m1/s1. The number of amides is 2. The lowest BCUT2D eigenvalue weighted by atomic mass is 9.83. The second-order valence-electron chi connectivity index (χ2n) is 9.27. The van der Waals surface area contributed by atoms with Crippen LogP contribution in [0.3, 0.4) is 0 Å². The molecule has 5 heteroatoms. The number of nitrogens with zero attached hydrogens (tertiary/aromatic N) is 1. The molecule has 1 heterocycles. The summed E-state index contributed by atoms with van der Waals surface area (Å²) in [7, 11) is 0. The van der Waals surface area contributed by atoms with Gasteiger partial charge in [-0.2, -0.15) is 0 Å². The zero-order chi connectivity index (χ0) is 24.4. The molecular weight excluding hydrogens is 426 g/mol. The number of benzene rings is 3. The number of carbonyl (C=O) groups is 2. The molecule has 3 aromatic carbocycles. The first-order valence-corrected chi connectivity index (χ1v) is 11.6. The molecular formula is C29H31NO4. The van der Waals surface area contributed by atoms with Crippen molar-refractivity contribution < 1.29 is 19.4 Å². The van der Waals surface area contributed by atoms with Gasteiger partial charge in [0.2, 0.25) is 5.91 Å². The first kappa shape index (κ1) is 23.7. The monoisotopic (exact) mass is 457 g/mol. The molecule has 3 aromatic rings. The van der Waals surface area contributed by atoms with Gasteiger partial charge in [-0.05, 0) is 61.9 Å². The van der Waals surface area contributed by atoms with Crippen LogP contribution in [-0.4, -0.2) is 34.7 Å². The third-order valence-electron chi connectivity index (χ3n) is 6.60. The number of cyclic esters (lactones) is 1. The molecule has 1 saturated heterocycles. The molecule has 0 bridgehead atoms. The summed E-state index contributed by atoms with van der Waals surface area (Å²) in [6, 6.07) is 20.9. The molecule has 3 atom stereocenters. The molecule has 0 radical (unpaired) electrons. The van der Waals surface area contributed by atoms with E-state index in [9.17, 15) is 14.7 Å². The van der Waals surface area contributed by atoms with Gasteiger partial charge in [-0.25, -0.2) is 9.69 Å². The number of aryl methyl sites for hydroxylation is 4. The van der Waals surface area contributed by atoms with Crippen LogP contribution in [0.1, 0.15) is 51.0 Å². The van der Waals surface area contributed by atoms with Crippen LogP contribution in [0.4, 0.5) is 4.79 Å². The van der Waals surface area contributed by atoms with Crippen LogP contribution in [0.25, 0.3) is 0 Å². The maximum absolute atomic E-state index is 14.1. The Bertz CT molecular complexity index is 1200. The molecule has 0 aliphatic carbocycles. The molecule has 0 saturated carbocycles. The first-order chi connectivity index (χ1) is 16.3. The predicted octanol–water partition coefficient (Wildman–Crippen LogP) is 5.33. The number of aliphatic hydroxyl groups excluding tert-OH is 1. The SMILES string of the molecule is Cc1ccc([C@@H](C(=O)N2C(=O)OC[C@H]2Cc2ccccc2)[C@@H](O)c2ccc(C)cc2C)c(C)c1. The van der Waals surface area contributed by atoms with E-state index in [0.29, 0.717) is 17.5 Å². The van der Waals surface area contributed by atoms with E-state index >= 15 is 0 Å². The normalized spacial score (nSPS) is 17.4. The second kappa shape index (κ2) is 9.82. The van der Waals surface area contributed by atoms with Gasteiger partial charge < -0.3 is 9.84 Å². The van der Waals surface area contributed by atoms with Crippen molar-refractivity contribution in [2.24, 2.45) is 0 Å². The third kappa shape index (κ3) is 4.75. The van der Waals surface area contributed by atoms with Crippen molar-refractivity contribution in [1.82, 2.24) is 4.90 Å². The lowest BCUT2D eigenvalue weighted by Crippen LogP contribution is -2.44. The van der Waals surface area contributed by atoms with E-state index in [2.05, 4.69) is 0 Å². The molecule has 1 aliphatic heterocycles. The lowest BCUT2D eigenvalue weighted by molar-refractivity contribution is -0.133. The number of hydrogen-bond donors (Lipinski definition) is 1. The summed E-state index contributed by atoms with van der Waals surface area (Å²) in [5, 5.41) is 11.6. The Morgan fingerprint density at radius 3 is 2.12 bits per heavy atom. The van der Waals surface area contributed by atoms with E-state index in [4.69, 9.17) is 4.74 Å². The van der Waals surface area contributed by atoms with Gasteiger partial charge in [0.25, 0.3) is 0 Å². The molecule has 176 valence electrons. The summed E-state index contributed by atoms with van der Waals surface area (Å²) in [6.07, 6.45) is -1.27. The lowest BCUT2D eigenvalue weighted by Gasteiger charge is -2.30. The van der Waals surface area contributed by atoms with Crippen LogP contribution in [0.5, 0.6) is 0 Å². The highest BCUT2D eigenvalue weighted by Gasteiger charge is 2.44. The Morgan fingerprint density at radius 2 is 1.53 bits per heavy atom. The summed E-state index contributed by atoms with van der Waals surface area (Å²) < 4.78 is 5.32. The Hall–Kier alpha value is -3.44. The Morgan fingerprint density at radius 1 is 0.941 bits per heavy atom. The zero-order valence-corrected chi connectivity index (χ0v) is 20.1. The largest absolute Gasteiger partial charge is 0.447 e. The first-order valence-electron chi connectivity index (χ1n) is 11.6. The van der Waals surface area contributed by atoms with Crippen LogP contribution in [-0.2, 0) is 16.0 Å². The number of carbonyl (C=O) groups excluding carboxylic acids is 2. The minimum atomic E-state index is -1.11. The second-order valence-corrected chi connectivity index (χ2v) is 9.27. The fraction of sp³-hybridized carbons (Fsp3) is 0.310. The Balaban J connectivity index is 1.75. The maximum Gasteiger partial charge on any atom is 0.417 e. The van der Waals surface area contributed by atoms with Gasteiger partial charge in [-0.3, -0.25) is 4.79 Å². The van der Waals surface area contributed by atoms with Crippen LogP contribution >= 0.6 is 0 Å². The van der Waals surface area contributed by atoms with Gasteiger partial charge in [-0.1, -0.05) is 77.9 Å². The van der Waals surface area contributed by atoms with E-state index in [1.54, 1.807) is 0 Å². The number of aliphatic hydroxyl groups is 1. The van der Waals surface area contributed by atoms with Crippen molar-refractivity contribution in [2.75, 3.05) is 6.61 Å². The van der Waals surface area contributed by atoms with Crippen molar-refractivity contribution >= 4 is 12.0 Å². The molecule has 34 heavy (non-hydrogen) atoms. The molecule has 0 unspecified atom stereocenters. The molecule has 1 N–H and O–H groups in total. The molecule has 0 aromatic heterocycles. The van der Waals surface area contributed by atoms with Crippen LogP contribution in [0.2, 0.25) is 0 Å². The topological polar surface area (TPSA) is 66.8 Å². The highest BCUT2D eigenvalue weighted by atomic mass is 16.6. The Kier molecular flexibility index (Phi) is 6.85. The average Bonchev–Trinajstić information content (AvgIpc) is 3.15. The van der Waals surface area contributed by atoms with Gasteiger partial charge >= 0.3 is 6.09 Å². The van der Waals surface area contributed by atoms with E-state index in [1.807, 2.05) is 94.4 Å². The molecule has 5 nitrogen and oxygen atoms in total. The smallest absolute Gasteiger partial charge is 0.417 e. The predicted molar refractivity (Wildman–Crippen MR) is 132 cm³/mol. The zero-order valence-electron chi connectivity index (χ0n) is 20.1. The molecule has 2 amide bonds. The Labute approximate surface area is 201 Å². The summed E-state index contributed by atoms with van der Waals surface area (Å²) >= 11 is 0. The van der Waals surface area contributed by atoms with Gasteiger partial charge in [0.05, 0.1) is 18.1 Å². The average molecular weight is 458 g/mol. The summed E-state index contributed by atoms with van der Waals surface area (Å²) in [6.45, 7) is 7.98. The van der Waals surface area contributed by atoms with Gasteiger partial charge in [0.15, 0.2) is 0 Å². The number of imide groups is 1. The molecule has 1 aliphatic rings. The number of ether oxygens (including phenoxy) is 1. The van der Waals surface area contributed by atoms with Crippen molar-refractivity contribution in [3.63, 3.8) is 0 Å². The summed E-state index contributed by atoms with van der Waals surface area (Å²) in [5.41, 5.74) is 6.35. The van der Waals surface area contributed by atoms with E-state index in [0.717, 1.165) is 27.8 Å². The van der Waals surface area contributed by atoms with Crippen LogP contribution in [0, 0.1) is 27.7 Å². The highest BCUT2D eigenvalue weighted by Crippen LogP contribution is 2.38. The highest BCUT2D eigenvalue weighted by molar-refractivity contribution is 5.98. The van der Waals surface area contributed by atoms with Crippen molar-refractivity contribution in [3.05, 3.63) is 106 Å². The van der Waals surface area contributed by atoms with Crippen molar-refractivity contribution in [3.8, 4) is 0 Å². The molecule has 1 fully saturated rings.